The Morgan fingerprint density at radius 3 is 2.43 bits per heavy atom. The number of halogens is 1. The van der Waals surface area contributed by atoms with Crippen LogP contribution in [0.3, 0.4) is 0 Å². The molecule has 0 spiro atoms. The Hall–Kier alpha value is -1.89. The zero-order chi connectivity index (χ0) is 16.2. The highest BCUT2D eigenvalue weighted by Gasteiger charge is 2.17. The normalized spacial score (nSPS) is 13.6. The molecular formula is C22H25F. The van der Waals surface area contributed by atoms with Gasteiger partial charge in [0.15, 0.2) is 0 Å². The van der Waals surface area contributed by atoms with Crippen molar-refractivity contribution in [2.75, 3.05) is 0 Å². The second-order valence-corrected chi connectivity index (χ2v) is 6.43. The number of benzene rings is 2. The molecule has 1 heteroatoms. The van der Waals surface area contributed by atoms with Gasteiger partial charge < -0.3 is 0 Å². The van der Waals surface area contributed by atoms with Gasteiger partial charge >= 0.3 is 0 Å². The number of allylic oxidation sites excluding steroid dienone is 1. The standard InChI is InChI=1S/C22H25F/c1-3-5-6-16-7-9-18(10-8-16)19-13-14-21-20(15-19)12-11-17(4-2)22(21)23/h7-12,15H,3-6,13-14H2,1-2H3. The summed E-state index contributed by atoms with van der Waals surface area (Å²) in [6.45, 7) is 4.23. The third-order valence-electron chi connectivity index (χ3n) is 4.86. The fourth-order valence-corrected chi connectivity index (χ4v) is 3.36. The fraction of sp³-hybridized carbons (Fsp3) is 0.364. The molecule has 0 unspecified atom stereocenters. The Kier molecular flexibility index (Phi) is 4.95. The van der Waals surface area contributed by atoms with E-state index in [1.807, 2.05) is 13.0 Å². The molecule has 0 heterocycles. The van der Waals surface area contributed by atoms with Crippen molar-refractivity contribution in [1.29, 1.82) is 0 Å². The number of fused-ring (bicyclic) bond motifs is 1. The van der Waals surface area contributed by atoms with E-state index in [1.165, 1.54) is 29.5 Å². The second kappa shape index (κ2) is 7.12. The van der Waals surface area contributed by atoms with Gasteiger partial charge in [0.1, 0.15) is 5.82 Å². The molecule has 0 atom stereocenters. The smallest absolute Gasteiger partial charge is 0.130 e. The Labute approximate surface area is 139 Å². The average Bonchev–Trinajstić information content (AvgIpc) is 2.60. The Bertz CT molecular complexity index is 707. The molecule has 0 saturated heterocycles. The van der Waals surface area contributed by atoms with Crippen molar-refractivity contribution in [2.45, 2.75) is 52.4 Å². The average molecular weight is 308 g/mol. The quantitative estimate of drug-likeness (QED) is 0.615. The molecule has 1 aliphatic rings. The van der Waals surface area contributed by atoms with Crippen molar-refractivity contribution in [1.82, 2.24) is 0 Å². The predicted octanol–water partition coefficient (Wildman–Crippen LogP) is 6.22. The van der Waals surface area contributed by atoms with Crippen molar-refractivity contribution in [2.24, 2.45) is 0 Å². The maximum Gasteiger partial charge on any atom is 0.130 e. The van der Waals surface area contributed by atoms with Crippen molar-refractivity contribution >= 4 is 11.6 Å². The first kappa shape index (κ1) is 16.0. The van der Waals surface area contributed by atoms with Gasteiger partial charge in [0.2, 0.25) is 0 Å². The van der Waals surface area contributed by atoms with E-state index in [4.69, 9.17) is 0 Å². The van der Waals surface area contributed by atoms with Crippen LogP contribution in [-0.2, 0) is 19.3 Å². The van der Waals surface area contributed by atoms with Gasteiger partial charge in [-0.15, -0.1) is 0 Å². The number of aryl methyl sites for hydroxylation is 2. The molecule has 0 N–H and O–H groups in total. The molecule has 2 aromatic carbocycles. The van der Waals surface area contributed by atoms with Gasteiger partial charge in [-0.2, -0.15) is 0 Å². The second-order valence-electron chi connectivity index (χ2n) is 6.43. The number of hydrogen-bond donors (Lipinski definition) is 0. The van der Waals surface area contributed by atoms with Crippen LogP contribution < -0.4 is 0 Å². The number of rotatable bonds is 5. The fourth-order valence-electron chi connectivity index (χ4n) is 3.36. The van der Waals surface area contributed by atoms with E-state index in [-0.39, 0.29) is 5.82 Å². The minimum atomic E-state index is 0.00946. The zero-order valence-electron chi connectivity index (χ0n) is 14.2. The van der Waals surface area contributed by atoms with Crippen molar-refractivity contribution in [3.8, 4) is 0 Å². The molecular weight excluding hydrogens is 283 g/mol. The van der Waals surface area contributed by atoms with Crippen LogP contribution in [0.25, 0.3) is 11.6 Å². The van der Waals surface area contributed by atoms with Crippen LogP contribution >= 0.6 is 0 Å². The van der Waals surface area contributed by atoms with Gasteiger partial charge in [0, 0.05) is 0 Å². The molecule has 0 radical (unpaired) electrons. The first-order valence-corrected chi connectivity index (χ1v) is 8.83. The molecule has 1 aliphatic carbocycles. The molecule has 0 nitrogen and oxygen atoms in total. The van der Waals surface area contributed by atoms with Crippen LogP contribution in [0.4, 0.5) is 4.39 Å². The lowest BCUT2D eigenvalue weighted by Crippen LogP contribution is -2.04. The zero-order valence-corrected chi connectivity index (χ0v) is 14.2. The van der Waals surface area contributed by atoms with Crippen molar-refractivity contribution in [3.05, 3.63) is 70.0 Å². The lowest BCUT2D eigenvalue weighted by molar-refractivity contribution is 0.593. The predicted molar refractivity (Wildman–Crippen MR) is 97.0 cm³/mol. The monoisotopic (exact) mass is 308 g/mol. The van der Waals surface area contributed by atoms with E-state index in [0.717, 1.165) is 42.4 Å². The summed E-state index contributed by atoms with van der Waals surface area (Å²) in [6.07, 6.45) is 8.29. The largest absolute Gasteiger partial charge is 0.206 e. The third kappa shape index (κ3) is 3.39. The summed E-state index contributed by atoms with van der Waals surface area (Å²) in [5.74, 6) is 0.00946. The number of unbranched alkanes of at least 4 members (excludes halogenated alkanes) is 1. The van der Waals surface area contributed by atoms with Crippen LogP contribution in [0, 0.1) is 5.82 Å². The van der Waals surface area contributed by atoms with Gasteiger partial charge in [-0.1, -0.05) is 62.7 Å². The van der Waals surface area contributed by atoms with E-state index in [2.05, 4.69) is 43.3 Å². The molecule has 0 aromatic heterocycles. The summed E-state index contributed by atoms with van der Waals surface area (Å²) in [5, 5.41) is 0. The first-order chi connectivity index (χ1) is 11.2. The molecule has 0 fully saturated rings. The Morgan fingerprint density at radius 1 is 0.957 bits per heavy atom. The highest BCUT2D eigenvalue weighted by molar-refractivity contribution is 5.84. The SMILES string of the molecule is CCCCc1ccc(C2=Cc3ccc(CC)c(F)c3CC2)cc1. The Balaban J connectivity index is 1.86. The lowest BCUT2D eigenvalue weighted by atomic mass is 9.87. The summed E-state index contributed by atoms with van der Waals surface area (Å²) >= 11 is 0. The van der Waals surface area contributed by atoms with E-state index in [9.17, 15) is 4.39 Å². The molecule has 0 saturated carbocycles. The summed E-state index contributed by atoms with van der Waals surface area (Å²) in [4.78, 5) is 0. The Morgan fingerprint density at radius 2 is 1.74 bits per heavy atom. The molecule has 0 bridgehead atoms. The van der Waals surface area contributed by atoms with Crippen LogP contribution in [0.5, 0.6) is 0 Å². The maximum absolute atomic E-state index is 14.4. The number of hydrogen-bond acceptors (Lipinski definition) is 0. The van der Waals surface area contributed by atoms with Gasteiger partial charge in [-0.05, 0) is 65.5 Å². The topological polar surface area (TPSA) is 0 Å². The first-order valence-electron chi connectivity index (χ1n) is 8.83. The van der Waals surface area contributed by atoms with Gasteiger partial charge in [-0.25, -0.2) is 4.39 Å². The summed E-state index contributed by atoms with van der Waals surface area (Å²) in [7, 11) is 0. The van der Waals surface area contributed by atoms with E-state index in [1.54, 1.807) is 0 Å². The van der Waals surface area contributed by atoms with Crippen molar-refractivity contribution in [3.63, 3.8) is 0 Å². The third-order valence-corrected chi connectivity index (χ3v) is 4.86. The van der Waals surface area contributed by atoms with Gasteiger partial charge in [-0.3, -0.25) is 0 Å². The maximum atomic E-state index is 14.4. The highest BCUT2D eigenvalue weighted by atomic mass is 19.1. The van der Waals surface area contributed by atoms with Crippen LogP contribution in [-0.4, -0.2) is 0 Å². The van der Waals surface area contributed by atoms with Crippen molar-refractivity contribution < 1.29 is 4.39 Å². The van der Waals surface area contributed by atoms with E-state index < -0.39 is 0 Å². The van der Waals surface area contributed by atoms with Crippen LogP contribution in [0.15, 0.2) is 36.4 Å². The van der Waals surface area contributed by atoms with E-state index >= 15 is 0 Å². The summed E-state index contributed by atoms with van der Waals surface area (Å²) in [5.41, 5.74) is 6.79. The highest BCUT2D eigenvalue weighted by Crippen LogP contribution is 2.33. The summed E-state index contributed by atoms with van der Waals surface area (Å²) in [6, 6.07) is 12.9. The minimum Gasteiger partial charge on any atom is -0.206 e. The minimum absolute atomic E-state index is 0.00946. The van der Waals surface area contributed by atoms with Gasteiger partial charge in [0.05, 0.1) is 0 Å². The molecule has 120 valence electrons. The van der Waals surface area contributed by atoms with Gasteiger partial charge in [0.25, 0.3) is 0 Å². The van der Waals surface area contributed by atoms with Crippen LogP contribution in [0.1, 0.15) is 60.9 Å². The lowest BCUT2D eigenvalue weighted by Gasteiger charge is -2.19. The van der Waals surface area contributed by atoms with Crippen LogP contribution in [0.2, 0.25) is 0 Å². The molecule has 23 heavy (non-hydrogen) atoms. The summed E-state index contributed by atoms with van der Waals surface area (Å²) < 4.78 is 14.4. The molecule has 3 rings (SSSR count). The van der Waals surface area contributed by atoms with E-state index in [0.29, 0.717) is 0 Å². The molecule has 0 aliphatic heterocycles. The molecule has 0 amide bonds. The molecule has 2 aromatic rings.